The van der Waals surface area contributed by atoms with Crippen molar-refractivity contribution in [3.8, 4) is 22.8 Å². The lowest BCUT2D eigenvalue weighted by atomic mass is 10.1. The second kappa shape index (κ2) is 8.97. The zero-order valence-electron chi connectivity index (χ0n) is 20.6. The molecule has 0 bridgehead atoms. The Labute approximate surface area is 221 Å². The van der Waals surface area contributed by atoms with Gasteiger partial charge in [0, 0.05) is 11.8 Å². The number of halogens is 1. The van der Waals surface area contributed by atoms with E-state index in [4.69, 9.17) is 22.4 Å². The number of nitrogen functional groups attached to an aromatic ring is 1. The van der Waals surface area contributed by atoms with E-state index in [2.05, 4.69) is 15.0 Å². The van der Waals surface area contributed by atoms with Crippen LogP contribution >= 0.6 is 11.6 Å². The summed E-state index contributed by atoms with van der Waals surface area (Å²) in [4.78, 5) is 27.1. The Morgan fingerprint density at radius 3 is 2.58 bits per heavy atom. The normalized spacial score (nSPS) is 11.4. The van der Waals surface area contributed by atoms with Gasteiger partial charge in [0.2, 0.25) is 0 Å². The minimum atomic E-state index is -0.161. The average molecular weight is 524 g/mol. The number of nitrogens with two attached hydrogens (primary N) is 1. The number of rotatable bonds is 4. The lowest BCUT2D eigenvalue weighted by Gasteiger charge is -2.16. The predicted octanol–water partition coefficient (Wildman–Crippen LogP) is 4.80. The SMILES string of the molecule is Cc1cccnc1-n1c(Cn2nc(-c3ccc(Cl)c(O)c3)c3c(N)ncnc32)cc2cccc(C)c2c1=O. The summed E-state index contributed by atoms with van der Waals surface area (Å²) < 4.78 is 3.32. The minimum absolute atomic E-state index is 0.0772. The van der Waals surface area contributed by atoms with E-state index in [1.807, 2.05) is 50.2 Å². The number of phenols is 1. The fourth-order valence-corrected chi connectivity index (χ4v) is 4.92. The number of hydrogen-bond acceptors (Lipinski definition) is 7. The van der Waals surface area contributed by atoms with Gasteiger partial charge in [0.15, 0.2) is 5.65 Å². The molecule has 0 spiro atoms. The van der Waals surface area contributed by atoms with Crippen molar-refractivity contribution < 1.29 is 5.11 Å². The van der Waals surface area contributed by atoms with Crippen molar-refractivity contribution >= 4 is 39.2 Å². The van der Waals surface area contributed by atoms with E-state index in [0.717, 1.165) is 16.5 Å². The van der Waals surface area contributed by atoms with Gasteiger partial charge >= 0.3 is 0 Å². The summed E-state index contributed by atoms with van der Waals surface area (Å²) in [6.07, 6.45) is 3.04. The summed E-state index contributed by atoms with van der Waals surface area (Å²) in [6, 6.07) is 16.4. The van der Waals surface area contributed by atoms with E-state index in [1.54, 1.807) is 27.6 Å². The summed E-state index contributed by atoms with van der Waals surface area (Å²) in [6.45, 7) is 4.04. The van der Waals surface area contributed by atoms with Crippen LogP contribution < -0.4 is 11.3 Å². The molecule has 188 valence electrons. The maximum atomic E-state index is 13.9. The Kier molecular flexibility index (Phi) is 5.57. The molecule has 0 saturated carbocycles. The van der Waals surface area contributed by atoms with Crippen LogP contribution in [-0.2, 0) is 6.54 Å². The molecule has 0 radical (unpaired) electrons. The van der Waals surface area contributed by atoms with Crippen LogP contribution in [-0.4, -0.2) is 34.4 Å². The van der Waals surface area contributed by atoms with Gasteiger partial charge in [-0.05, 0) is 54.6 Å². The van der Waals surface area contributed by atoms with Crippen molar-refractivity contribution in [3.05, 3.63) is 99.3 Å². The monoisotopic (exact) mass is 523 g/mol. The largest absolute Gasteiger partial charge is 0.506 e. The lowest BCUT2D eigenvalue weighted by Crippen LogP contribution is -2.25. The van der Waals surface area contributed by atoms with Gasteiger partial charge in [-0.25, -0.2) is 19.6 Å². The van der Waals surface area contributed by atoms with E-state index in [9.17, 15) is 9.90 Å². The molecule has 6 rings (SSSR count). The van der Waals surface area contributed by atoms with Gasteiger partial charge in [-0.3, -0.25) is 9.36 Å². The van der Waals surface area contributed by atoms with Crippen LogP contribution in [0.4, 0.5) is 5.82 Å². The smallest absolute Gasteiger partial charge is 0.264 e. The number of fused-ring (bicyclic) bond motifs is 2. The molecule has 0 unspecified atom stereocenters. The number of anilines is 1. The highest BCUT2D eigenvalue weighted by Gasteiger charge is 2.21. The van der Waals surface area contributed by atoms with E-state index in [1.165, 1.54) is 12.4 Å². The molecule has 0 aliphatic heterocycles. The molecule has 0 atom stereocenters. The molecule has 4 aromatic heterocycles. The molecular formula is C28H22ClN7O2. The molecule has 0 saturated heterocycles. The van der Waals surface area contributed by atoms with E-state index in [-0.39, 0.29) is 28.7 Å². The van der Waals surface area contributed by atoms with Gasteiger partial charge < -0.3 is 10.8 Å². The molecule has 0 aliphatic carbocycles. The number of phenolic OH excluding ortho intramolecular Hbond substituents is 1. The van der Waals surface area contributed by atoms with Gasteiger partial charge in [-0.1, -0.05) is 41.9 Å². The molecule has 9 nitrogen and oxygen atoms in total. The van der Waals surface area contributed by atoms with Crippen molar-refractivity contribution in [3.63, 3.8) is 0 Å². The van der Waals surface area contributed by atoms with Crippen LogP contribution in [0.2, 0.25) is 5.02 Å². The number of hydrogen-bond donors (Lipinski definition) is 2. The van der Waals surface area contributed by atoms with Crippen molar-refractivity contribution in [2.45, 2.75) is 20.4 Å². The second-order valence-electron chi connectivity index (χ2n) is 9.09. The molecule has 0 fully saturated rings. The fraction of sp³-hybridized carbons (Fsp3) is 0.107. The number of nitrogens with zero attached hydrogens (tertiary/aromatic N) is 6. The fourth-order valence-electron chi connectivity index (χ4n) is 4.81. The topological polar surface area (TPSA) is 125 Å². The number of aryl methyl sites for hydroxylation is 2. The third-order valence-corrected chi connectivity index (χ3v) is 6.93. The first-order chi connectivity index (χ1) is 18.3. The summed E-state index contributed by atoms with van der Waals surface area (Å²) >= 11 is 6.03. The summed E-state index contributed by atoms with van der Waals surface area (Å²) in [5, 5.41) is 17.2. The molecule has 0 amide bonds. The molecule has 4 heterocycles. The quantitative estimate of drug-likeness (QED) is 0.340. The molecule has 3 N–H and O–H groups in total. The Balaban J connectivity index is 1.62. The van der Waals surface area contributed by atoms with E-state index < -0.39 is 0 Å². The van der Waals surface area contributed by atoms with Crippen molar-refractivity contribution in [2.75, 3.05) is 5.73 Å². The Morgan fingerprint density at radius 1 is 0.974 bits per heavy atom. The summed E-state index contributed by atoms with van der Waals surface area (Å²) in [5.41, 5.74) is 10.1. The first kappa shape index (κ1) is 23.6. The van der Waals surface area contributed by atoms with Crippen LogP contribution in [0.1, 0.15) is 16.8 Å². The molecule has 38 heavy (non-hydrogen) atoms. The molecule has 0 aliphatic rings. The molecular weight excluding hydrogens is 502 g/mol. The van der Waals surface area contributed by atoms with Gasteiger partial charge in [-0.2, -0.15) is 5.10 Å². The second-order valence-corrected chi connectivity index (χ2v) is 9.50. The Morgan fingerprint density at radius 2 is 1.79 bits per heavy atom. The summed E-state index contributed by atoms with van der Waals surface area (Å²) in [5.74, 6) is 0.718. The highest BCUT2D eigenvalue weighted by Crippen LogP contribution is 2.34. The van der Waals surface area contributed by atoms with Crippen molar-refractivity contribution in [1.82, 2.24) is 29.3 Å². The van der Waals surface area contributed by atoms with Crippen molar-refractivity contribution in [2.24, 2.45) is 0 Å². The van der Waals surface area contributed by atoms with Gasteiger partial charge in [0.1, 0.15) is 29.4 Å². The molecule has 10 heteroatoms. The van der Waals surface area contributed by atoms with Crippen LogP contribution in [0.5, 0.6) is 5.75 Å². The number of pyridine rings is 2. The van der Waals surface area contributed by atoms with Crippen LogP contribution in [0, 0.1) is 13.8 Å². The Hall–Kier alpha value is -4.76. The zero-order chi connectivity index (χ0) is 26.6. The van der Waals surface area contributed by atoms with E-state index in [0.29, 0.717) is 39.2 Å². The number of aromatic hydroxyl groups is 1. The van der Waals surface area contributed by atoms with E-state index >= 15 is 0 Å². The molecule has 2 aromatic carbocycles. The van der Waals surface area contributed by atoms with Gasteiger partial charge in [-0.15, -0.1) is 0 Å². The van der Waals surface area contributed by atoms with Crippen LogP contribution in [0.15, 0.2) is 71.9 Å². The first-order valence-corrected chi connectivity index (χ1v) is 12.2. The average Bonchev–Trinajstić information content (AvgIpc) is 3.26. The van der Waals surface area contributed by atoms with Gasteiger partial charge in [0.25, 0.3) is 5.56 Å². The van der Waals surface area contributed by atoms with Crippen molar-refractivity contribution in [1.29, 1.82) is 0 Å². The predicted molar refractivity (Wildman–Crippen MR) is 148 cm³/mol. The molecule has 6 aromatic rings. The number of benzene rings is 2. The first-order valence-electron chi connectivity index (χ1n) is 11.9. The number of aromatic nitrogens is 6. The summed E-state index contributed by atoms with van der Waals surface area (Å²) in [7, 11) is 0. The Bertz CT molecular complexity index is 1940. The third kappa shape index (κ3) is 3.75. The van der Waals surface area contributed by atoms with Crippen LogP contribution in [0.3, 0.4) is 0 Å². The zero-order valence-corrected chi connectivity index (χ0v) is 21.3. The standard InChI is InChI=1S/C28H22ClN7O2/c1-15-5-3-7-17-11-19(36(28(38)22(15)17)26-16(2)6-4-10-31-26)13-35-27-23(25(30)32-14-33-27)24(34-35)18-8-9-20(29)21(37)12-18/h3-12,14,37H,13H2,1-2H3,(H2,30,32,33). The third-order valence-electron chi connectivity index (χ3n) is 6.61. The van der Waals surface area contributed by atoms with Gasteiger partial charge in [0.05, 0.1) is 28.0 Å². The maximum Gasteiger partial charge on any atom is 0.264 e. The maximum absolute atomic E-state index is 13.9. The highest BCUT2D eigenvalue weighted by atomic mass is 35.5. The van der Waals surface area contributed by atoms with Crippen LogP contribution in [0.25, 0.3) is 38.9 Å². The lowest BCUT2D eigenvalue weighted by molar-refractivity contribution is 0.476. The minimum Gasteiger partial charge on any atom is -0.506 e. The highest BCUT2D eigenvalue weighted by molar-refractivity contribution is 6.32.